The minimum Gasteiger partial charge on any atom is -0.399 e. The van der Waals surface area contributed by atoms with Crippen LogP contribution in [0, 0.1) is 0 Å². The van der Waals surface area contributed by atoms with Crippen molar-refractivity contribution in [1.82, 2.24) is 4.90 Å². The van der Waals surface area contributed by atoms with Crippen molar-refractivity contribution in [3.05, 3.63) is 24.3 Å². The quantitative estimate of drug-likeness (QED) is 0.812. The van der Waals surface area contributed by atoms with Gasteiger partial charge in [-0.05, 0) is 64.4 Å². The molecule has 1 saturated heterocycles. The van der Waals surface area contributed by atoms with Crippen LogP contribution in [0.3, 0.4) is 0 Å². The second-order valence-electron chi connectivity index (χ2n) is 6.18. The topological polar surface area (TPSA) is 58.4 Å². The fourth-order valence-electron chi connectivity index (χ4n) is 2.85. The SMILES string of the molecule is CC1(C)CCCN1CCCC(=O)Nc1cccc(N)c1. The Hall–Kier alpha value is -1.55. The molecule has 1 amide bonds. The highest BCUT2D eigenvalue weighted by molar-refractivity contribution is 5.91. The molecule has 4 nitrogen and oxygen atoms in total. The Labute approximate surface area is 121 Å². The fourth-order valence-corrected chi connectivity index (χ4v) is 2.85. The van der Waals surface area contributed by atoms with Crippen molar-refractivity contribution in [2.24, 2.45) is 0 Å². The Kier molecular flexibility index (Phi) is 4.65. The number of hydrogen-bond acceptors (Lipinski definition) is 3. The monoisotopic (exact) mass is 275 g/mol. The first-order valence-electron chi connectivity index (χ1n) is 7.38. The second kappa shape index (κ2) is 6.27. The van der Waals surface area contributed by atoms with E-state index in [1.54, 1.807) is 6.07 Å². The Morgan fingerprint density at radius 2 is 2.25 bits per heavy atom. The molecular formula is C16H25N3O. The van der Waals surface area contributed by atoms with Crippen LogP contribution in [0.4, 0.5) is 11.4 Å². The number of nitrogen functional groups attached to an aromatic ring is 1. The summed E-state index contributed by atoms with van der Waals surface area (Å²) >= 11 is 0. The lowest BCUT2D eigenvalue weighted by molar-refractivity contribution is -0.116. The van der Waals surface area contributed by atoms with Crippen molar-refractivity contribution in [3.8, 4) is 0 Å². The Balaban J connectivity index is 1.73. The van der Waals surface area contributed by atoms with E-state index in [4.69, 9.17) is 5.73 Å². The smallest absolute Gasteiger partial charge is 0.224 e. The lowest BCUT2D eigenvalue weighted by Crippen LogP contribution is -2.38. The van der Waals surface area contributed by atoms with Gasteiger partial charge in [-0.1, -0.05) is 6.07 Å². The minimum absolute atomic E-state index is 0.0626. The average molecular weight is 275 g/mol. The molecule has 0 atom stereocenters. The highest BCUT2D eigenvalue weighted by atomic mass is 16.1. The van der Waals surface area contributed by atoms with E-state index in [1.165, 1.54) is 12.8 Å². The number of nitrogens with zero attached hydrogens (tertiary/aromatic N) is 1. The number of anilines is 2. The van der Waals surface area contributed by atoms with Gasteiger partial charge in [-0.2, -0.15) is 0 Å². The lowest BCUT2D eigenvalue weighted by Gasteiger charge is -2.31. The molecular weight excluding hydrogens is 250 g/mol. The third-order valence-corrected chi connectivity index (χ3v) is 4.07. The Morgan fingerprint density at radius 1 is 1.45 bits per heavy atom. The number of nitrogens with two attached hydrogens (primary N) is 1. The van der Waals surface area contributed by atoms with Gasteiger partial charge >= 0.3 is 0 Å². The summed E-state index contributed by atoms with van der Waals surface area (Å²) in [7, 11) is 0. The molecule has 1 aromatic rings. The van der Waals surface area contributed by atoms with Crippen LogP contribution in [-0.4, -0.2) is 29.4 Å². The van der Waals surface area contributed by atoms with Crippen molar-refractivity contribution < 1.29 is 4.79 Å². The van der Waals surface area contributed by atoms with E-state index < -0.39 is 0 Å². The van der Waals surface area contributed by atoms with E-state index in [9.17, 15) is 4.79 Å². The zero-order chi connectivity index (χ0) is 14.6. The van der Waals surface area contributed by atoms with Crippen LogP contribution in [0.15, 0.2) is 24.3 Å². The van der Waals surface area contributed by atoms with E-state index in [0.717, 1.165) is 25.2 Å². The summed E-state index contributed by atoms with van der Waals surface area (Å²) in [4.78, 5) is 14.4. The summed E-state index contributed by atoms with van der Waals surface area (Å²) in [5.74, 6) is 0.0626. The van der Waals surface area contributed by atoms with Crippen molar-refractivity contribution in [2.45, 2.75) is 45.1 Å². The molecule has 2 rings (SSSR count). The first-order chi connectivity index (χ1) is 9.47. The molecule has 0 saturated carbocycles. The van der Waals surface area contributed by atoms with Crippen LogP contribution < -0.4 is 11.1 Å². The van der Waals surface area contributed by atoms with Gasteiger partial charge in [0, 0.05) is 23.3 Å². The summed E-state index contributed by atoms with van der Waals surface area (Å²) in [5, 5.41) is 2.89. The number of amides is 1. The van der Waals surface area contributed by atoms with Gasteiger partial charge in [0.05, 0.1) is 0 Å². The third kappa shape index (κ3) is 3.97. The van der Waals surface area contributed by atoms with E-state index in [1.807, 2.05) is 18.2 Å². The van der Waals surface area contributed by atoms with Crippen LogP contribution in [0.2, 0.25) is 0 Å². The molecule has 0 bridgehead atoms. The molecule has 0 spiro atoms. The maximum absolute atomic E-state index is 11.9. The van der Waals surface area contributed by atoms with Gasteiger partial charge in [0.15, 0.2) is 0 Å². The van der Waals surface area contributed by atoms with Crippen LogP contribution in [0.1, 0.15) is 39.5 Å². The maximum atomic E-state index is 11.9. The van der Waals surface area contributed by atoms with E-state index in [-0.39, 0.29) is 5.91 Å². The summed E-state index contributed by atoms with van der Waals surface area (Å²) in [6.07, 6.45) is 3.98. The molecule has 1 fully saturated rings. The molecule has 1 heterocycles. The lowest BCUT2D eigenvalue weighted by atomic mass is 10.0. The van der Waals surface area contributed by atoms with Crippen LogP contribution in [0.25, 0.3) is 0 Å². The standard InChI is InChI=1S/C16H25N3O/c1-16(2)9-5-11-19(16)10-4-8-15(20)18-14-7-3-6-13(17)12-14/h3,6-7,12H,4-5,8-11,17H2,1-2H3,(H,18,20). The zero-order valence-electron chi connectivity index (χ0n) is 12.5. The molecule has 1 aliphatic rings. The second-order valence-corrected chi connectivity index (χ2v) is 6.18. The molecule has 4 heteroatoms. The molecule has 20 heavy (non-hydrogen) atoms. The maximum Gasteiger partial charge on any atom is 0.224 e. The molecule has 3 N–H and O–H groups in total. The van der Waals surface area contributed by atoms with Gasteiger partial charge in [-0.15, -0.1) is 0 Å². The number of benzene rings is 1. The third-order valence-electron chi connectivity index (χ3n) is 4.07. The Morgan fingerprint density at radius 3 is 2.90 bits per heavy atom. The first kappa shape index (κ1) is 14.9. The van der Waals surface area contributed by atoms with Crippen LogP contribution in [0.5, 0.6) is 0 Å². The van der Waals surface area contributed by atoms with Gasteiger partial charge in [-0.3, -0.25) is 9.69 Å². The van der Waals surface area contributed by atoms with Crippen LogP contribution in [-0.2, 0) is 4.79 Å². The molecule has 1 aromatic carbocycles. The van der Waals surface area contributed by atoms with Gasteiger partial charge in [0.25, 0.3) is 0 Å². The normalized spacial score (nSPS) is 18.1. The van der Waals surface area contributed by atoms with Crippen molar-refractivity contribution >= 4 is 17.3 Å². The van der Waals surface area contributed by atoms with Crippen molar-refractivity contribution in [1.29, 1.82) is 0 Å². The highest BCUT2D eigenvalue weighted by Crippen LogP contribution is 2.28. The summed E-state index contributed by atoms with van der Waals surface area (Å²) in [5.41, 5.74) is 7.43. The minimum atomic E-state index is 0.0626. The molecule has 0 unspecified atom stereocenters. The van der Waals surface area contributed by atoms with E-state index in [2.05, 4.69) is 24.1 Å². The highest BCUT2D eigenvalue weighted by Gasteiger charge is 2.30. The molecule has 110 valence electrons. The molecule has 0 aromatic heterocycles. The van der Waals surface area contributed by atoms with E-state index >= 15 is 0 Å². The summed E-state index contributed by atoms with van der Waals surface area (Å²) in [6, 6.07) is 7.29. The summed E-state index contributed by atoms with van der Waals surface area (Å²) in [6.45, 7) is 6.72. The number of likely N-dealkylation sites (tertiary alicyclic amines) is 1. The summed E-state index contributed by atoms with van der Waals surface area (Å²) < 4.78 is 0. The van der Waals surface area contributed by atoms with Gasteiger partial charge in [0.1, 0.15) is 0 Å². The molecule has 0 aliphatic carbocycles. The number of hydrogen-bond donors (Lipinski definition) is 2. The largest absolute Gasteiger partial charge is 0.399 e. The van der Waals surface area contributed by atoms with Crippen LogP contribution >= 0.6 is 0 Å². The van der Waals surface area contributed by atoms with Crippen molar-refractivity contribution in [3.63, 3.8) is 0 Å². The van der Waals surface area contributed by atoms with Crippen molar-refractivity contribution in [2.75, 3.05) is 24.1 Å². The Bertz CT molecular complexity index is 471. The zero-order valence-corrected chi connectivity index (χ0v) is 12.5. The first-order valence-corrected chi connectivity index (χ1v) is 7.38. The number of nitrogens with one attached hydrogen (secondary N) is 1. The van der Waals surface area contributed by atoms with Gasteiger partial charge < -0.3 is 11.1 Å². The van der Waals surface area contributed by atoms with Gasteiger partial charge in [-0.25, -0.2) is 0 Å². The predicted octanol–water partition coefficient (Wildman–Crippen LogP) is 2.86. The van der Waals surface area contributed by atoms with E-state index in [0.29, 0.717) is 17.6 Å². The number of carbonyl (C=O) groups excluding carboxylic acids is 1. The molecule has 0 radical (unpaired) electrons. The predicted molar refractivity (Wildman–Crippen MR) is 83.6 cm³/mol. The fraction of sp³-hybridized carbons (Fsp3) is 0.562. The van der Waals surface area contributed by atoms with Gasteiger partial charge in [0.2, 0.25) is 5.91 Å². The number of carbonyl (C=O) groups is 1. The average Bonchev–Trinajstić information content (AvgIpc) is 2.69. The number of rotatable bonds is 5. The molecule has 1 aliphatic heterocycles.